The van der Waals surface area contributed by atoms with Crippen molar-refractivity contribution in [1.82, 2.24) is 35.5 Å². The SMILES string of the molecule is Cn1nnnc1SCC(=O)NCc1cccnc1-c1ccncc1. The topological polar surface area (TPSA) is 98.5 Å². The predicted octanol–water partition coefficient (Wildman–Crippen LogP) is 1.08. The fourth-order valence-electron chi connectivity index (χ4n) is 2.07. The van der Waals surface area contributed by atoms with Gasteiger partial charge in [-0.3, -0.25) is 14.8 Å². The van der Waals surface area contributed by atoms with Crippen molar-refractivity contribution in [3.05, 3.63) is 48.4 Å². The van der Waals surface area contributed by atoms with Crippen molar-refractivity contribution in [2.45, 2.75) is 11.7 Å². The number of aromatic nitrogens is 6. The molecule has 0 unspecified atom stereocenters. The molecule has 3 aromatic heterocycles. The third kappa shape index (κ3) is 3.93. The molecule has 0 saturated carbocycles. The normalized spacial score (nSPS) is 10.5. The van der Waals surface area contributed by atoms with Crippen LogP contribution in [0.4, 0.5) is 0 Å². The summed E-state index contributed by atoms with van der Waals surface area (Å²) < 4.78 is 1.53. The highest BCUT2D eigenvalue weighted by Gasteiger charge is 2.10. The second-order valence-electron chi connectivity index (χ2n) is 4.90. The summed E-state index contributed by atoms with van der Waals surface area (Å²) in [6, 6.07) is 7.59. The molecule has 9 heteroatoms. The Kier molecular flexibility index (Phi) is 5.12. The number of pyridine rings is 2. The van der Waals surface area contributed by atoms with Crippen molar-refractivity contribution in [1.29, 1.82) is 0 Å². The molecule has 0 spiro atoms. The van der Waals surface area contributed by atoms with Crippen molar-refractivity contribution >= 4 is 17.7 Å². The van der Waals surface area contributed by atoms with Crippen molar-refractivity contribution in [2.24, 2.45) is 7.05 Å². The second-order valence-corrected chi connectivity index (χ2v) is 5.84. The Morgan fingerprint density at radius 1 is 1.25 bits per heavy atom. The second kappa shape index (κ2) is 7.64. The van der Waals surface area contributed by atoms with Gasteiger partial charge < -0.3 is 5.32 Å². The van der Waals surface area contributed by atoms with Crippen LogP contribution in [0.1, 0.15) is 5.56 Å². The zero-order chi connectivity index (χ0) is 16.8. The number of carbonyl (C=O) groups is 1. The molecule has 0 aliphatic heterocycles. The van der Waals surface area contributed by atoms with E-state index in [0.717, 1.165) is 16.8 Å². The van der Waals surface area contributed by atoms with Gasteiger partial charge in [0.2, 0.25) is 11.1 Å². The van der Waals surface area contributed by atoms with Gasteiger partial charge >= 0.3 is 0 Å². The Balaban J connectivity index is 1.61. The van der Waals surface area contributed by atoms with Crippen molar-refractivity contribution in [3.8, 4) is 11.3 Å². The molecule has 1 N–H and O–H groups in total. The van der Waals surface area contributed by atoms with Crippen LogP contribution in [0.25, 0.3) is 11.3 Å². The lowest BCUT2D eigenvalue weighted by Crippen LogP contribution is -2.25. The summed E-state index contributed by atoms with van der Waals surface area (Å²) in [6.45, 7) is 0.405. The molecule has 24 heavy (non-hydrogen) atoms. The zero-order valence-corrected chi connectivity index (χ0v) is 13.8. The van der Waals surface area contributed by atoms with Crippen LogP contribution in [0.2, 0.25) is 0 Å². The molecule has 0 radical (unpaired) electrons. The number of hydrogen-bond acceptors (Lipinski definition) is 7. The van der Waals surface area contributed by atoms with Crippen LogP contribution in [0, 0.1) is 0 Å². The number of thioether (sulfide) groups is 1. The lowest BCUT2D eigenvalue weighted by Gasteiger charge is -2.09. The Hall–Kier alpha value is -2.81. The highest BCUT2D eigenvalue weighted by atomic mass is 32.2. The number of nitrogens with zero attached hydrogens (tertiary/aromatic N) is 6. The molecule has 0 bridgehead atoms. The quantitative estimate of drug-likeness (QED) is 0.670. The molecule has 3 aromatic rings. The Morgan fingerprint density at radius 2 is 2.08 bits per heavy atom. The molecule has 0 aliphatic carbocycles. The van der Waals surface area contributed by atoms with E-state index in [1.807, 2.05) is 24.3 Å². The van der Waals surface area contributed by atoms with Crippen LogP contribution < -0.4 is 5.32 Å². The molecule has 3 rings (SSSR count). The van der Waals surface area contributed by atoms with E-state index in [9.17, 15) is 4.79 Å². The van der Waals surface area contributed by atoms with E-state index >= 15 is 0 Å². The van der Waals surface area contributed by atoms with Crippen molar-refractivity contribution in [2.75, 3.05) is 5.75 Å². The lowest BCUT2D eigenvalue weighted by molar-refractivity contribution is -0.118. The number of aryl methyl sites for hydroxylation is 1. The average molecular weight is 341 g/mol. The summed E-state index contributed by atoms with van der Waals surface area (Å²) in [5.74, 6) is 0.159. The van der Waals surface area contributed by atoms with Gasteiger partial charge in [0.05, 0.1) is 11.4 Å². The maximum absolute atomic E-state index is 12.0. The van der Waals surface area contributed by atoms with Gasteiger partial charge in [0.15, 0.2) is 0 Å². The first kappa shape index (κ1) is 16.1. The first-order chi connectivity index (χ1) is 11.7. The summed E-state index contributed by atoms with van der Waals surface area (Å²) in [5, 5.41) is 14.6. The fraction of sp³-hybridized carbons (Fsp3) is 0.200. The van der Waals surface area contributed by atoms with Gasteiger partial charge in [0.1, 0.15) is 0 Å². The van der Waals surface area contributed by atoms with Crippen molar-refractivity contribution < 1.29 is 4.79 Å². The molecular formula is C15H15N7OS. The largest absolute Gasteiger partial charge is 0.351 e. The molecule has 0 aromatic carbocycles. The number of nitrogens with one attached hydrogen (secondary N) is 1. The van der Waals surface area contributed by atoms with E-state index in [2.05, 4.69) is 30.8 Å². The minimum absolute atomic E-state index is 0.0902. The van der Waals surface area contributed by atoms with E-state index in [1.54, 1.807) is 25.6 Å². The Bertz CT molecular complexity index is 821. The molecule has 0 saturated heterocycles. The van der Waals surface area contributed by atoms with Crippen LogP contribution in [0.3, 0.4) is 0 Å². The molecule has 0 atom stereocenters. The number of rotatable bonds is 6. The van der Waals surface area contributed by atoms with Gasteiger partial charge in [-0.15, -0.1) is 5.10 Å². The lowest BCUT2D eigenvalue weighted by atomic mass is 10.1. The maximum atomic E-state index is 12.0. The van der Waals surface area contributed by atoms with Gasteiger partial charge in [0, 0.05) is 37.7 Å². The first-order valence-electron chi connectivity index (χ1n) is 7.20. The van der Waals surface area contributed by atoms with Gasteiger partial charge in [0.25, 0.3) is 0 Å². The molecule has 0 fully saturated rings. The average Bonchev–Trinajstić information content (AvgIpc) is 3.04. The number of amides is 1. The summed E-state index contributed by atoms with van der Waals surface area (Å²) in [6.07, 6.45) is 5.17. The van der Waals surface area contributed by atoms with Gasteiger partial charge in [-0.05, 0) is 34.2 Å². The third-order valence-corrected chi connectivity index (χ3v) is 4.25. The molecule has 3 heterocycles. The molecule has 1 amide bonds. The summed E-state index contributed by atoms with van der Waals surface area (Å²) >= 11 is 1.29. The summed E-state index contributed by atoms with van der Waals surface area (Å²) in [4.78, 5) is 20.5. The fourth-order valence-corrected chi connectivity index (χ4v) is 2.75. The van der Waals surface area contributed by atoms with E-state index in [1.165, 1.54) is 16.4 Å². The summed E-state index contributed by atoms with van der Waals surface area (Å²) in [5.41, 5.74) is 2.75. The molecule has 122 valence electrons. The van der Waals surface area contributed by atoms with Crippen LogP contribution in [0.15, 0.2) is 48.0 Å². The monoisotopic (exact) mass is 341 g/mol. The van der Waals surface area contributed by atoms with E-state index in [4.69, 9.17) is 0 Å². The van der Waals surface area contributed by atoms with E-state index in [0.29, 0.717) is 11.7 Å². The first-order valence-corrected chi connectivity index (χ1v) is 8.19. The molecule has 0 aliphatic rings. The van der Waals surface area contributed by atoms with Crippen LogP contribution in [-0.2, 0) is 18.4 Å². The summed E-state index contributed by atoms with van der Waals surface area (Å²) in [7, 11) is 1.73. The third-order valence-electron chi connectivity index (χ3n) is 3.23. The maximum Gasteiger partial charge on any atom is 0.230 e. The Labute approximate surface area is 142 Å². The van der Waals surface area contributed by atoms with E-state index in [-0.39, 0.29) is 11.7 Å². The molecular weight excluding hydrogens is 326 g/mol. The standard InChI is InChI=1S/C15H15N7OS/c1-22-15(19-20-21-22)24-10-13(23)18-9-12-3-2-6-17-14(12)11-4-7-16-8-5-11/h2-8H,9-10H2,1H3,(H,18,23). The van der Waals surface area contributed by atoms with Gasteiger partial charge in [-0.25, -0.2) is 4.68 Å². The minimum Gasteiger partial charge on any atom is -0.351 e. The highest BCUT2D eigenvalue weighted by molar-refractivity contribution is 7.99. The highest BCUT2D eigenvalue weighted by Crippen LogP contribution is 2.20. The number of carbonyl (C=O) groups excluding carboxylic acids is 1. The number of tetrazole rings is 1. The predicted molar refractivity (Wildman–Crippen MR) is 88.8 cm³/mol. The molecule has 8 nitrogen and oxygen atoms in total. The van der Waals surface area contributed by atoms with Crippen LogP contribution in [-0.4, -0.2) is 41.8 Å². The smallest absolute Gasteiger partial charge is 0.230 e. The minimum atomic E-state index is -0.0902. The zero-order valence-electron chi connectivity index (χ0n) is 13.0. The van der Waals surface area contributed by atoms with Crippen molar-refractivity contribution in [3.63, 3.8) is 0 Å². The number of hydrogen-bond donors (Lipinski definition) is 1. The van der Waals surface area contributed by atoms with Gasteiger partial charge in [-0.1, -0.05) is 17.8 Å². The Morgan fingerprint density at radius 3 is 2.83 bits per heavy atom. The van der Waals surface area contributed by atoms with Crippen LogP contribution in [0.5, 0.6) is 0 Å². The van der Waals surface area contributed by atoms with Crippen LogP contribution >= 0.6 is 11.8 Å². The van der Waals surface area contributed by atoms with E-state index < -0.39 is 0 Å². The van der Waals surface area contributed by atoms with Gasteiger partial charge in [-0.2, -0.15) is 0 Å².